The molecular formula is C20H22N2O2. The van der Waals surface area contributed by atoms with E-state index in [0.717, 1.165) is 19.6 Å². The van der Waals surface area contributed by atoms with Crippen molar-refractivity contribution >= 4 is 6.09 Å². The Bertz CT molecular complexity index is 717. The van der Waals surface area contributed by atoms with Gasteiger partial charge < -0.3 is 10.0 Å². The summed E-state index contributed by atoms with van der Waals surface area (Å²) in [6, 6.07) is 19.2. The maximum atomic E-state index is 11.1. The molecule has 124 valence electrons. The molecule has 0 aromatic heterocycles. The van der Waals surface area contributed by atoms with Gasteiger partial charge in [0.05, 0.1) is 0 Å². The predicted octanol–water partition coefficient (Wildman–Crippen LogP) is 3.40. The summed E-state index contributed by atoms with van der Waals surface area (Å²) in [5.74, 6) is 0.997. The molecular weight excluding hydrogens is 300 g/mol. The molecule has 2 fully saturated rings. The van der Waals surface area contributed by atoms with Crippen molar-refractivity contribution in [2.75, 3.05) is 26.2 Å². The summed E-state index contributed by atoms with van der Waals surface area (Å²) in [7, 11) is 0. The number of nitrogens with zero attached hydrogens (tertiary/aromatic N) is 2. The molecule has 0 spiro atoms. The van der Waals surface area contributed by atoms with Crippen LogP contribution in [0.15, 0.2) is 54.6 Å². The molecule has 2 aliphatic heterocycles. The normalized spacial score (nSPS) is 23.4. The molecule has 1 amide bonds. The summed E-state index contributed by atoms with van der Waals surface area (Å²) in [5.41, 5.74) is 3.82. The first-order valence-corrected chi connectivity index (χ1v) is 8.53. The average Bonchev–Trinajstić information content (AvgIpc) is 3.14. The van der Waals surface area contributed by atoms with Gasteiger partial charge in [-0.05, 0) is 34.6 Å². The number of benzene rings is 2. The highest BCUT2D eigenvalue weighted by Crippen LogP contribution is 2.32. The quantitative estimate of drug-likeness (QED) is 0.942. The van der Waals surface area contributed by atoms with Crippen LogP contribution in [-0.2, 0) is 6.54 Å². The van der Waals surface area contributed by atoms with Gasteiger partial charge in [-0.2, -0.15) is 0 Å². The van der Waals surface area contributed by atoms with Gasteiger partial charge in [-0.1, -0.05) is 48.5 Å². The Balaban J connectivity index is 1.42. The minimum atomic E-state index is -0.772. The van der Waals surface area contributed by atoms with Gasteiger partial charge in [0.2, 0.25) is 0 Å². The lowest BCUT2D eigenvalue weighted by Gasteiger charge is -2.20. The summed E-state index contributed by atoms with van der Waals surface area (Å²) in [5, 5.41) is 9.12. The van der Waals surface area contributed by atoms with Crippen LogP contribution >= 0.6 is 0 Å². The van der Waals surface area contributed by atoms with Crippen molar-refractivity contribution in [3.05, 3.63) is 60.2 Å². The summed E-state index contributed by atoms with van der Waals surface area (Å²) in [4.78, 5) is 15.1. The van der Waals surface area contributed by atoms with Gasteiger partial charge in [0.25, 0.3) is 0 Å². The summed E-state index contributed by atoms with van der Waals surface area (Å²) >= 11 is 0. The Kier molecular flexibility index (Phi) is 3.98. The SMILES string of the molecule is O=C(O)N1CC2CN(Cc3cccc(-c4ccccc4)c3)CC2C1. The second kappa shape index (κ2) is 6.29. The molecule has 0 saturated carbocycles. The third kappa shape index (κ3) is 3.02. The number of amides is 1. The third-order valence-corrected chi connectivity index (χ3v) is 5.27. The average molecular weight is 322 g/mol. The zero-order valence-electron chi connectivity index (χ0n) is 13.6. The molecule has 2 aromatic carbocycles. The lowest BCUT2D eigenvalue weighted by Crippen LogP contribution is -2.31. The number of carboxylic acid groups (broad SMARTS) is 1. The predicted molar refractivity (Wildman–Crippen MR) is 93.7 cm³/mol. The Morgan fingerprint density at radius 1 is 0.917 bits per heavy atom. The summed E-state index contributed by atoms with van der Waals surface area (Å²) in [6.45, 7) is 4.34. The van der Waals surface area contributed by atoms with Gasteiger partial charge in [0, 0.05) is 32.7 Å². The van der Waals surface area contributed by atoms with E-state index in [-0.39, 0.29) is 0 Å². The fraction of sp³-hybridized carbons (Fsp3) is 0.350. The Morgan fingerprint density at radius 3 is 2.25 bits per heavy atom. The van der Waals surface area contributed by atoms with Crippen LogP contribution in [0.4, 0.5) is 4.79 Å². The van der Waals surface area contributed by atoms with E-state index in [1.165, 1.54) is 16.7 Å². The highest BCUT2D eigenvalue weighted by Gasteiger charge is 2.41. The number of rotatable bonds is 3. The molecule has 2 aromatic rings. The number of hydrogen-bond acceptors (Lipinski definition) is 2. The number of carbonyl (C=O) groups is 1. The highest BCUT2D eigenvalue weighted by molar-refractivity contribution is 5.65. The van der Waals surface area contributed by atoms with Crippen molar-refractivity contribution in [1.82, 2.24) is 9.80 Å². The van der Waals surface area contributed by atoms with Crippen LogP contribution in [0.5, 0.6) is 0 Å². The number of hydrogen-bond donors (Lipinski definition) is 1. The van der Waals surface area contributed by atoms with E-state index < -0.39 is 6.09 Å². The molecule has 2 atom stereocenters. The molecule has 2 heterocycles. The summed E-state index contributed by atoms with van der Waals surface area (Å²) < 4.78 is 0. The van der Waals surface area contributed by atoms with Gasteiger partial charge >= 0.3 is 6.09 Å². The standard InChI is InChI=1S/C20H22N2O2/c23-20(24)22-13-18-11-21(12-19(18)14-22)10-15-5-4-8-17(9-15)16-6-2-1-3-7-16/h1-9,18-19H,10-14H2,(H,23,24). The van der Waals surface area contributed by atoms with Crippen molar-refractivity contribution in [1.29, 1.82) is 0 Å². The van der Waals surface area contributed by atoms with E-state index in [0.29, 0.717) is 24.9 Å². The zero-order valence-corrected chi connectivity index (χ0v) is 13.6. The molecule has 2 aliphatic rings. The fourth-order valence-corrected chi connectivity index (χ4v) is 4.11. The second-order valence-electron chi connectivity index (χ2n) is 6.97. The van der Waals surface area contributed by atoms with Gasteiger partial charge in [0.15, 0.2) is 0 Å². The zero-order chi connectivity index (χ0) is 16.5. The van der Waals surface area contributed by atoms with Crippen LogP contribution in [0, 0.1) is 11.8 Å². The van der Waals surface area contributed by atoms with E-state index in [1.807, 2.05) is 6.07 Å². The Hall–Kier alpha value is -2.33. The molecule has 24 heavy (non-hydrogen) atoms. The monoisotopic (exact) mass is 322 g/mol. The Morgan fingerprint density at radius 2 is 1.58 bits per heavy atom. The maximum Gasteiger partial charge on any atom is 0.407 e. The molecule has 0 aliphatic carbocycles. The molecule has 4 heteroatoms. The van der Waals surface area contributed by atoms with Crippen molar-refractivity contribution in [3.8, 4) is 11.1 Å². The molecule has 0 radical (unpaired) electrons. The maximum absolute atomic E-state index is 11.1. The van der Waals surface area contributed by atoms with Crippen molar-refractivity contribution in [3.63, 3.8) is 0 Å². The van der Waals surface area contributed by atoms with Crippen LogP contribution in [0.2, 0.25) is 0 Å². The van der Waals surface area contributed by atoms with Gasteiger partial charge in [0.1, 0.15) is 0 Å². The van der Waals surface area contributed by atoms with Gasteiger partial charge in [-0.25, -0.2) is 4.79 Å². The van der Waals surface area contributed by atoms with E-state index in [9.17, 15) is 4.79 Å². The van der Waals surface area contributed by atoms with Crippen LogP contribution in [0.25, 0.3) is 11.1 Å². The first kappa shape index (κ1) is 15.2. The molecule has 0 bridgehead atoms. The van der Waals surface area contributed by atoms with Crippen LogP contribution < -0.4 is 0 Å². The largest absolute Gasteiger partial charge is 0.465 e. The van der Waals surface area contributed by atoms with E-state index in [4.69, 9.17) is 5.11 Å². The van der Waals surface area contributed by atoms with E-state index in [2.05, 4.69) is 53.4 Å². The minimum Gasteiger partial charge on any atom is -0.465 e. The van der Waals surface area contributed by atoms with E-state index in [1.54, 1.807) is 4.90 Å². The van der Waals surface area contributed by atoms with Crippen molar-refractivity contribution in [2.45, 2.75) is 6.54 Å². The second-order valence-corrected chi connectivity index (χ2v) is 6.97. The first-order valence-electron chi connectivity index (χ1n) is 8.53. The van der Waals surface area contributed by atoms with E-state index >= 15 is 0 Å². The van der Waals surface area contributed by atoms with Crippen LogP contribution in [-0.4, -0.2) is 47.2 Å². The van der Waals surface area contributed by atoms with Crippen LogP contribution in [0.3, 0.4) is 0 Å². The van der Waals surface area contributed by atoms with Gasteiger partial charge in [-0.3, -0.25) is 4.90 Å². The highest BCUT2D eigenvalue weighted by atomic mass is 16.4. The molecule has 4 rings (SSSR count). The molecule has 4 nitrogen and oxygen atoms in total. The molecule has 2 unspecified atom stereocenters. The third-order valence-electron chi connectivity index (χ3n) is 5.27. The van der Waals surface area contributed by atoms with Gasteiger partial charge in [-0.15, -0.1) is 0 Å². The minimum absolute atomic E-state index is 0.499. The lowest BCUT2D eigenvalue weighted by atomic mass is 10.0. The van der Waals surface area contributed by atoms with Crippen molar-refractivity contribution < 1.29 is 9.90 Å². The molecule has 1 N–H and O–H groups in total. The number of likely N-dealkylation sites (tertiary alicyclic amines) is 2. The first-order chi connectivity index (χ1) is 11.7. The fourth-order valence-electron chi connectivity index (χ4n) is 4.11. The summed E-state index contributed by atoms with van der Waals surface area (Å²) in [6.07, 6.45) is -0.772. The van der Waals surface area contributed by atoms with Crippen molar-refractivity contribution in [2.24, 2.45) is 11.8 Å². The molecule has 2 saturated heterocycles. The number of fused-ring (bicyclic) bond motifs is 1. The van der Waals surface area contributed by atoms with Crippen LogP contribution in [0.1, 0.15) is 5.56 Å². The smallest absolute Gasteiger partial charge is 0.407 e. The lowest BCUT2D eigenvalue weighted by molar-refractivity contribution is 0.148. The Labute approximate surface area is 142 Å². The topological polar surface area (TPSA) is 43.8 Å².